The molecule has 104 valence electrons. The summed E-state index contributed by atoms with van der Waals surface area (Å²) in [6.45, 7) is 2.36. The van der Waals surface area contributed by atoms with Crippen LogP contribution in [-0.2, 0) is 0 Å². The van der Waals surface area contributed by atoms with Gasteiger partial charge in [0, 0.05) is 17.2 Å². The molecule has 6 heteroatoms. The van der Waals surface area contributed by atoms with Crippen LogP contribution >= 0.6 is 15.9 Å². The van der Waals surface area contributed by atoms with Gasteiger partial charge in [0.25, 0.3) is 5.91 Å². The number of pyridine rings is 1. The van der Waals surface area contributed by atoms with Gasteiger partial charge in [-0.05, 0) is 41.1 Å². The molecule has 2 rings (SSSR count). The van der Waals surface area contributed by atoms with Crippen molar-refractivity contribution in [2.75, 3.05) is 17.2 Å². The molecule has 0 atom stereocenters. The highest BCUT2D eigenvalue weighted by Crippen LogP contribution is 2.23. The largest absolute Gasteiger partial charge is 0.368 e. The van der Waals surface area contributed by atoms with Gasteiger partial charge < -0.3 is 10.6 Å². The van der Waals surface area contributed by atoms with Gasteiger partial charge in [0.2, 0.25) is 0 Å². The predicted molar refractivity (Wildman–Crippen MR) is 80.5 cm³/mol. The second-order valence-electron chi connectivity index (χ2n) is 3.99. The van der Waals surface area contributed by atoms with Crippen LogP contribution in [0.4, 0.5) is 15.9 Å². The third-order valence-electron chi connectivity index (χ3n) is 2.60. The predicted octanol–water partition coefficient (Wildman–Crippen LogP) is 3.67. The first-order valence-electron chi connectivity index (χ1n) is 6.07. The highest BCUT2D eigenvalue weighted by Gasteiger charge is 2.16. The van der Waals surface area contributed by atoms with Crippen LogP contribution in [0.1, 0.15) is 17.3 Å². The zero-order valence-electron chi connectivity index (χ0n) is 10.8. The van der Waals surface area contributed by atoms with Crippen LogP contribution in [0.15, 0.2) is 41.0 Å². The molecule has 4 nitrogen and oxygen atoms in total. The second kappa shape index (κ2) is 6.47. The van der Waals surface area contributed by atoms with Gasteiger partial charge in [-0.1, -0.05) is 12.1 Å². The third-order valence-corrected chi connectivity index (χ3v) is 3.29. The normalized spacial score (nSPS) is 10.2. The summed E-state index contributed by atoms with van der Waals surface area (Å²) in [5.41, 5.74) is 0.533. The molecule has 0 saturated heterocycles. The van der Waals surface area contributed by atoms with E-state index in [4.69, 9.17) is 0 Å². The minimum absolute atomic E-state index is 0.0493. The summed E-state index contributed by atoms with van der Waals surface area (Å²) < 4.78 is 14.8. The summed E-state index contributed by atoms with van der Waals surface area (Å²) in [5, 5.41) is 5.43. The standard InChI is InChI=1S/C14H13BrFN3O/c1-2-17-13-12(16)9(7-8-18-13)14(20)19-11-6-4-3-5-10(11)15/h3-8H,2H2,1H3,(H,17,18)(H,19,20). The van der Waals surface area contributed by atoms with E-state index in [1.165, 1.54) is 12.3 Å². The first kappa shape index (κ1) is 14.5. The van der Waals surface area contributed by atoms with Crippen LogP contribution in [0.3, 0.4) is 0 Å². The van der Waals surface area contributed by atoms with Crippen LogP contribution in [-0.4, -0.2) is 17.4 Å². The number of hydrogen-bond donors (Lipinski definition) is 2. The molecule has 1 amide bonds. The van der Waals surface area contributed by atoms with Gasteiger partial charge in [-0.25, -0.2) is 9.37 Å². The lowest BCUT2D eigenvalue weighted by Gasteiger charge is -2.10. The number of carbonyl (C=O) groups is 1. The number of halogens is 2. The molecule has 0 spiro atoms. The average molecular weight is 338 g/mol. The highest BCUT2D eigenvalue weighted by atomic mass is 79.9. The fourth-order valence-corrected chi connectivity index (χ4v) is 2.05. The minimum Gasteiger partial charge on any atom is -0.368 e. The molecular formula is C14H13BrFN3O. The van der Waals surface area contributed by atoms with Gasteiger partial charge in [0.05, 0.1) is 11.3 Å². The number of hydrogen-bond acceptors (Lipinski definition) is 3. The Morgan fingerprint density at radius 2 is 2.10 bits per heavy atom. The number of rotatable bonds is 4. The Balaban J connectivity index is 2.26. The number of para-hydroxylation sites is 1. The molecule has 0 saturated carbocycles. The maximum absolute atomic E-state index is 14.1. The van der Waals surface area contributed by atoms with E-state index >= 15 is 0 Å². The summed E-state index contributed by atoms with van der Waals surface area (Å²) in [6, 6.07) is 8.49. The first-order chi connectivity index (χ1) is 9.63. The lowest BCUT2D eigenvalue weighted by Crippen LogP contribution is -2.16. The molecule has 1 aromatic heterocycles. The monoisotopic (exact) mass is 337 g/mol. The van der Waals surface area contributed by atoms with Gasteiger partial charge >= 0.3 is 0 Å². The van der Waals surface area contributed by atoms with Gasteiger partial charge in [-0.3, -0.25) is 4.79 Å². The summed E-state index contributed by atoms with van der Waals surface area (Å²) in [5.74, 6) is -1.10. The molecule has 0 unspecified atom stereocenters. The number of nitrogens with one attached hydrogen (secondary N) is 2. The smallest absolute Gasteiger partial charge is 0.258 e. The summed E-state index contributed by atoms with van der Waals surface area (Å²) in [6.07, 6.45) is 1.40. The molecule has 0 bridgehead atoms. The SMILES string of the molecule is CCNc1nccc(C(=O)Nc2ccccc2Br)c1F. The van der Waals surface area contributed by atoms with Crippen molar-refractivity contribution in [3.63, 3.8) is 0 Å². The van der Waals surface area contributed by atoms with Crippen LogP contribution in [0.5, 0.6) is 0 Å². The highest BCUT2D eigenvalue weighted by molar-refractivity contribution is 9.10. The van der Waals surface area contributed by atoms with Crippen molar-refractivity contribution in [2.45, 2.75) is 6.92 Å². The Hall–Kier alpha value is -1.95. The number of carbonyl (C=O) groups excluding carboxylic acids is 1. The Kier molecular flexibility index (Phi) is 4.68. The van der Waals surface area contributed by atoms with E-state index < -0.39 is 11.7 Å². The molecule has 0 aliphatic heterocycles. The van der Waals surface area contributed by atoms with Crippen molar-refractivity contribution >= 4 is 33.3 Å². The fraction of sp³-hybridized carbons (Fsp3) is 0.143. The molecule has 2 N–H and O–H groups in total. The molecule has 0 aliphatic rings. The van der Waals surface area contributed by atoms with E-state index in [-0.39, 0.29) is 11.4 Å². The Morgan fingerprint density at radius 3 is 2.80 bits per heavy atom. The molecule has 1 heterocycles. The Bertz CT molecular complexity index is 634. The number of anilines is 2. The molecule has 20 heavy (non-hydrogen) atoms. The van der Waals surface area contributed by atoms with Crippen LogP contribution < -0.4 is 10.6 Å². The summed E-state index contributed by atoms with van der Waals surface area (Å²) >= 11 is 3.32. The molecular weight excluding hydrogens is 325 g/mol. The van der Waals surface area contributed by atoms with E-state index in [0.717, 1.165) is 4.47 Å². The van der Waals surface area contributed by atoms with E-state index in [0.29, 0.717) is 12.2 Å². The van der Waals surface area contributed by atoms with Crippen molar-refractivity contribution in [1.29, 1.82) is 0 Å². The molecule has 0 radical (unpaired) electrons. The molecule has 0 aliphatic carbocycles. The quantitative estimate of drug-likeness (QED) is 0.894. The number of amides is 1. The first-order valence-corrected chi connectivity index (χ1v) is 6.87. The van der Waals surface area contributed by atoms with Gasteiger partial charge in [0.15, 0.2) is 11.6 Å². The van der Waals surface area contributed by atoms with E-state index in [2.05, 4.69) is 31.5 Å². The fourth-order valence-electron chi connectivity index (χ4n) is 1.66. The topological polar surface area (TPSA) is 54.0 Å². The third kappa shape index (κ3) is 3.14. The van der Waals surface area contributed by atoms with Crippen molar-refractivity contribution in [3.05, 3.63) is 52.4 Å². The molecule has 1 aromatic carbocycles. The van der Waals surface area contributed by atoms with Crippen LogP contribution in [0.2, 0.25) is 0 Å². The van der Waals surface area contributed by atoms with Crippen molar-refractivity contribution in [1.82, 2.24) is 4.98 Å². The maximum Gasteiger partial charge on any atom is 0.258 e. The van der Waals surface area contributed by atoms with Gasteiger partial charge in [0.1, 0.15) is 0 Å². The zero-order valence-corrected chi connectivity index (χ0v) is 12.4. The summed E-state index contributed by atoms with van der Waals surface area (Å²) in [7, 11) is 0. The van der Waals surface area contributed by atoms with Crippen LogP contribution in [0, 0.1) is 5.82 Å². The average Bonchev–Trinajstić information content (AvgIpc) is 2.44. The van der Waals surface area contributed by atoms with E-state index in [1.54, 1.807) is 18.2 Å². The number of benzene rings is 1. The van der Waals surface area contributed by atoms with Crippen LogP contribution in [0.25, 0.3) is 0 Å². The second-order valence-corrected chi connectivity index (χ2v) is 4.84. The van der Waals surface area contributed by atoms with E-state index in [9.17, 15) is 9.18 Å². The van der Waals surface area contributed by atoms with Crippen molar-refractivity contribution in [2.24, 2.45) is 0 Å². The maximum atomic E-state index is 14.1. The molecule has 0 fully saturated rings. The van der Waals surface area contributed by atoms with E-state index in [1.807, 2.05) is 13.0 Å². The lowest BCUT2D eigenvalue weighted by atomic mass is 10.2. The zero-order chi connectivity index (χ0) is 14.5. The van der Waals surface area contributed by atoms with Gasteiger partial charge in [-0.15, -0.1) is 0 Å². The Labute approximate surface area is 124 Å². The minimum atomic E-state index is -0.654. The lowest BCUT2D eigenvalue weighted by molar-refractivity contribution is 0.102. The summed E-state index contributed by atoms with van der Waals surface area (Å²) in [4.78, 5) is 16.0. The molecule has 2 aromatic rings. The van der Waals surface area contributed by atoms with Crippen molar-refractivity contribution < 1.29 is 9.18 Å². The number of aromatic nitrogens is 1. The van der Waals surface area contributed by atoms with Crippen molar-refractivity contribution in [3.8, 4) is 0 Å². The Morgan fingerprint density at radius 1 is 1.35 bits per heavy atom. The number of nitrogens with zero attached hydrogens (tertiary/aromatic N) is 1. The van der Waals surface area contributed by atoms with Gasteiger partial charge in [-0.2, -0.15) is 0 Å².